The van der Waals surface area contributed by atoms with Crippen LogP contribution in [0.15, 0.2) is 30.3 Å². The highest BCUT2D eigenvalue weighted by molar-refractivity contribution is 6.33. The number of nitrogens with zero attached hydrogens (tertiary/aromatic N) is 4. The highest BCUT2D eigenvalue weighted by atomic mass is 35.5. The molecule has 0 aliphatic heterocycles. The van der Waals surface area contributed by atoms with Gasteiger partial charge in [-0.3, -0.25) is 4.40 Å². The number of fused-ring (bicyclic) bond motifs is 3. The molecule has 0 amide bonds. The Morgan fingerprint density at radius 1 is 1.15 bits per heavy atom. The summed E-state index contributed by atoms with van der Waals surface area (Å²) in [5, 5.41) is 8.68. The van der Waals surface area contributed by atoms with E-state index in [0.717, 1.165) is 0 Å². The molecule has 2 aromatic carbocycles. The number of benzene rings is 2. The van der Waals surface area contributed by atoms with Gasteiger partial charge in [0.1, 0.15) is 22.8 Å². The van der Waals surface area contributed by atoms with Crippen molar-refractivity contribution in [2.45, 2.75) is 13.8 Å². The summed E-state index contributed by atoms with van der Waals surface area (Å²) in [5.74, 6) is 1.05. The zero-order chi connectivity index (χ0) is 19.1. The van der Waals surface area contributed by atoms with E-state index in [1.54, 1.807) is 22.6 Å². The molecule has 0 aliphatic carbocycles. The summed E-state index contributed by atoms with van der Waals surface area (Å²) in [7, 11) is 1.48. The van der Waals surface area contributed by atoms with Gasteiger partial charge in [0.2, 0.25) is 0 Å². The Labute approximate surface area is 159 Å². The highest BCUT2D eigenvalue weighted by Crippen LogP contribution is 2.34. The van der Waals surface area contributed by atoms with Crippen LogP contribution in [-0.4, -0.2) is 33.3 Å². The maximum atomic E-state index is 14.5. The van der Waals surface area contributed by atoms with Crippen LogP contribution in [0.25, 0.3) is 28.1 Å². The quantitative estimate of drug-likeness (QED) is 0.518. The van der Waals surface area contributed by atoms with Gasteiger partial charge in [-0.05, 0) is 32.0 Å². The summed E-state index contributed by atoms with van der Waals surface area (Å²) < 4.78 is 27.0. The lowest BCUT2D eigenvalue weighted by Gasteiger charge is -2.10. The minimum atomic E-state index is -0.523. The van der Waals surface area contributed by atoms with Crippen LogP contribution in [0.4, 0.5) is 4.39 Å². The number of methoxy groups -OCH3 is 1. The first-order chi connectivity index (χ1) is 13.0. The monoisotopic (exact) mass is 386 g/mol. The van der Waals surface area contributed by atoms with E-state index in [1.807, 2.05) is 19.9 Å². The molecule has 2 aromatic heterocycles. The number of ether oxygens (including phenoxy) is 2. The predicted molar refractivity (Wildman–Crippen MR) is 101 cm³/mol. The van der Waals surface area contributed by atoms with Gasteiger partial charge in [-0.25, -0.2) is 9.37 Å². The fourth-order valence-corrected chi connectivity index (χ4v) is 3.23. The molecule has 0 bridgehead atoms. The normalized spacial score (nSPS) is 11.3. The third kappa shape index (κ3) is 2.84. The molecule has 0 N–H and O–H groups in total. The topological polar surface area (TPSA) is 61.5 Å². The number of rotatable bonds is 4. The molecule has 4 aromatic rings. The van der Waals surface area contributed by atoms with Crippen molar-refractivity contribution in [3.05, 3.63) is 46.9 Å². The molecular weight excluding hydrogens is 371 g/mol. The maximum absolute atomic E-state index is 14.5. The van der Waals surface area contributed by atoms with Gasteiger partial charge in [0.25, 0.3) is 0 Å². The Morgan fingerprint density at radius 3 is 2.70 bits per heavy atom. The molecule has 0 saturated carbocycles. The molecular formula is C19H16ClFN4O2. The van der Waals surface area contributed by atoms with Crippen molar-refractivity contribution >= 4 is 28.3 Å². The first-order valence-corrected chi connectivity index (χ1v) is 8.73. The molecule has 0 atom stereocenters. The smallest absolute Gasteiger partial charge is 0.183 e. The summed E-state index contributed by atoms with van der Waals surface area (Å²) in [5.41, 5.74) is 2.44. The van der Waals surface area contributed by atoms with Gasteiger partial charge in [-0.15, -0.1) is 10.2 Å². The van der Waals surface area contributed by atoms with Crippen LogP contribution in [0, 0.1) is 12.7 Å². The molecule has 0 saturated heterocycles. The van der Waals surface area contributed by atoms with Gasteiger partial charge in [0.05, 0.1) is 29.9 Å². The van der Waals surface area contributed by atoms with Crippen LogP contribution in [0.2, 0.25) is 5.02 Å². The van der Waals surface area contributed by atoms with Crippen LogP contribution >= 0.6 is 11.6 Å². The lowest BCUT2D eigenvalue weighted by molar-refractivity contribution is 0.340. The zero-order valence-electron chi connectivity index (χ0n) is 15.0. The van der Waals surface area contributed by atoms with Crippen molar-refractivity contribution < 1.29 is 13.9 Å². The molecule has 2 heterocycles. The number of hydrogen-bond donors (Lipinski definition) is 0. The number of halogens is 2. The largest absolute Gasteiger partial charge is 0.497 e. The van der Waals surface area contributed by atoms with Crippen molar-refractivity contribution in [1.82, 2.24) is 19.6 Å². The highest BCUT2D eigenvalue weighted by Gasteiger charge is 2.19. The van der Waals surface area contributed by atoms with Gasteiger partial charge in [0.15, 0.2) is 11.5 Å². The first-order valence-electron chi connectivity index (χ1n) is 8.35. The molecule has 0 radical (unpaired) electrons. The Kier molecular flexibility index (Phi) is 4.31. The summed E-state index contributed by atoms with van der Waals surface area (Å²) in [6.45, 7) is 4.25. The van der Waals surface area contributed by atoms with Gasteiger partial charge < -0.3 is 9.47 Å². The van der Waals surface area contributed by atoms with Crippen molar-refractivity contribution in [3.63, 3.8) is 0 Å². The SMILES string of the molecule is CCOc1ccc(Cl)c(-c2nc(C)c3nnc4c(F)cc(OC)cc4n23)c1. The fraction of sp³-hybridized carbons (Fsp3) is 0.211. The Hall–Kier alpha value is -2.93. The van der Waals surface area contributed by atoms with E-state index in [1.165, 1.54) is 13.2 Å². The Morgan fingerprint density at radius 2 is 1.96 bits per heavy atom. The molecule has 0 aliphatic rings. The predicted octanol–water partition coefficient (Wildman–Crippen LogP) is 4.45. The lowest BCUT2D eigenvalue weighted by Crippen LogP contribution is -2.00. The third-order valence-corrected chi connectivity index (χ3v) is 4.58. The van der Waals surface area contributed by atoms with Crippen LogP contribution in [0.3, 0.4) is 0 Å². The number of aryl methyl sites for hydroxylation is 1. The van der Waals surface area contributed by atoms with Gasteiger partial charge in [-0.1, -0.05) is 11.6 Å². The van der Waals surface area contributed by atoms with Crippen LogP contribution in [-0.2, 0) is 0 Å². The van der Waals surface area contributed by atoms with Crippen molar-refractivity contribution in [2.24, 2.45) is 0 Å². The number of imidazole rings is 1. The van der Waals surface area contributed by atoms with Crippen molar-refractivity contribution in [1.29, 1.82) is 0 Å². The van der Waals surface area contributed by atoms with Crippen molar-refractivity contribution in [3.8, 4) is 22.9 Å². The summed E-state index contributed by atoms with van der Waals surface area (Å²) >= 11 is 6.44. The van der Waals surface area contributed by atoms with Gasteiger partial charge in [0, 0.05) is 17.7 Å². The van der Waals surface area contributed by atoms with E-state index >= 15 is 0 Å². The summed E-state index contributed by atoms with van der Waals surface area (Å²) in [6.07, 6.45) is 0. The molecule has 138 valence electrons. The minimum absolute atomic E-state index is 0.124. The minimum Gasteiger partial charge on any atom is -0.497 e. The van der Waals surface area contributed by atoms with E-state index in [2.05, 4.69) is 15.2 Å². The van der Waals surface area contributed by atoms with Crippen LogP contribution < -0.4 is 9.47 Å². The summed E-state index contributed by atoms with van der Waals surface area (Å²) in [4.78, 5) is 4.61. The molecule has 8 heteroatoms. The van der Waals surface area contributed by atoms with Gasteiger partial charge >= 0.3 is 0 Å². The van der Waals surface area contributed by atoms with Crippen molar-refractivity contribution in [2.75, 3.05) is 13.7 Å². The molecule has 4 rings (SSSR count). The van der Waals surface area contributed by atoms with Gasteiger partial charge in [-0.2, -0.15) is 0 Å². The second kappa shape index (κ2) is 6.66. The Balaban J connectivity index is 2.10. The second-order valence-electron chi connectivity index (χ2n) is 5.93. The van der Waals surface area contributed by atoms with E-state index in [0.29, 0.717) is 51.4 Å². The van der Waals surface area contributed by atoms with E-state index in [-0.39, 0.29) is 5.52 Å². The van der Waals surface area contributed by atoms with E-state index in [4.69, 9.17) is 21.1 Å². The molecule has 27 heavy (non-hydrogen) atoms. The summed E-state index contributed by atoms with van der Waals surface area (Å²) in [6, 6.07) is 8.32. The average Bonchev–Trinajstić information content (AvgIpc) is 3.00. The van der Waals surface area contributed by atoms with Crippen LogP contribution in [0.5, 0.6) is 11.5 Å². The zero-order valence-corrected chi connectivity index (χ0v) is 15.7. The molecule has 0 fully saturated rings. The average molecular weight is 387 g/mol. The number of aromatic nitrogens is 4. The second-order valence-corrected chi connectivity index (χ2v) is 6.34. The van der Waals surface area contributed by atoms with E-state index in [9.17, 15) is 4.39 Å². The lowest BCUT2D eigenvalue weighted by atomic mass is 10.2. The standard InChI is InChI=1S/C19H16ClFN4O2/c1-4-27-11-5-6-14(20)13(7-11)19-22-10(2)18-24-23-17-15(21)8-12(26-3)9-16(17)25(18)19/h5-9H,4H2,1-3H3. The van der Waals surface area contributed by atoms with E-state index < -0.39 is 5.82 Å². The maximum Gasteiger partial charge on any atom is 0.183 e. The third-order valence-electron chi connectivity index (χ3n) is 4.25. The first kappa shape index (κ1) is 17.5. The Bertz CT molecular complexity index is 1180. The molecule has 0 unspecified atom stereocenters. The fourth-order valence-electron chi connectivity index (χ4n) is 3.02. The molecule has 0 spiro atoms. The van der Waals surface area contributed by atoms with Crippen LogP contribution in [0.1, 0.15) is 12.6 Å². The number of hydrogen-bond acceptors (Lipinski definition) is 5. The molecule has 6 nitrogen and oxygen atoms in total.